The highest BCUT2D eigenvalue weighted by atomic mass is 28.4. The molecule has 1 fully saturated rings. The van der Waals surface area contributed by atoms with Gasteiger partial charge in [0.05, 0.1) is 0 Å². The maximum Gasteiger partial charge on any atom is 0.460 e. The summed E-state index contributed by atoms with van der Waals surface area (Å²) in [5.74, 6) is -49.7. The maximum absolute atomic E-state index is 14.5. The number of halogens is 17. The van der Waals surface area contributed by atoms with Crippen molar-refractivity contribution in [3.63, 3.8) is 0 Å². The van der Waals surface area contributed by atoms with Crippen molar-refractivity contribution in [2.24, 2.45) is 0 Å². The topological polar surface area (TPSA) is 9.23 Å². The Morgan fingerprint density at radius 2 is 0.909 bits per heavy atom. The fourth-order valence-corrected chi connectivity index (χ4v) is 6.78. The minimum Gasteiger partial charge on any atom is -0.410 e. The van der Waals surface area contributed by atoms with E-state index in [0.29, 0.717) is 6.92 Å². The Kier molecular flexibility index (Phi) is 7.28. The molecule has 0 N–H and O–H groups in total. The highest BCUT2D eigenvalue weighted by Crippen LogP contribution is 2.65. The van der Waals surface area contributed by atoms with Crippen LogP contribution < -0.4 is 0 Å². The van der Waals surface area contributed by atoms with E-state index < -0.39 is 74.3 Å². The zero-order chi connectivity index (χ0) is 26.7. The summed E-state index contributed by atoms with van der Waals surface area (Å²) < 4.78 is 232. The van der Waals surface area contributed by atoms with Crippen molar-refractivity contribution in [2.75, 3.05) is 6.61 Å². The molecule has 1 aliphatic rings. The SMILES string of the molecule is CC[Si]1(C(F)(F)C(F)(F)C(F)(F)C(F)(F)C(F)(F)C(F)(F)C(F)(F)C(F)(F)F)CCCCO1. The average Bonchev–Trinajstić information content (AvgIpc) is 2.66. The molecular formula is C14H13F17OSi. The molecule has 1 heterocycles. The van der Waals surface area contributed by atoms with Crippen molar-refractivity contribution in [3.05, 3.63) is 0 Å². The second-order valence-corrected chi connectivity index (χ2v) is 11.3. The quantitative estimate of drug-likeness (QED) is 0.228. The molecule has 0 radical (unpaired) electrons. The van der Waals surface area contributed by atoms with Crippen molar-refractivity contribution < 1.29 is 79.1 Å². The summed E-state index contributed by atoms with van der Waals surface area (Å²) in [5, 5.41) is 0. The standard InChI is InChI=1S/C14H13F17OSi/c1-2-33(6-4-3-5-32-33)14(30,31)12(25,26)10(21,22)8(17,18)7(15,16)9(19,20)11(23,24)13(27,28)29/h2-6H2,1H3. The third-order valence-corrected chi connectivity index (χ3v) is 9.74. The molecule has 0 spiro atoms. The smallest absolute Gasteiger partial charge is 0.410 e. The van der Waals surface area contributed by atoms with Gasteiger partial charge in [-0.3, -0.25) is 0 Å². The van der Waals surface area contributed by atoms with E-state index in [0.717, 1.165) is 0 Å². The van der Waals surface area contributed by atoms with Crippen LogP contribution in [0.4, 0.5) is 74.6 Å². The molecule has 1 atom stereocenters. The monoisotopic (exact) mass is 548 g/mol. The molecule has 1 aliphatic heterocycles. The highest BCUT2D eigenvalue weighted by molar-refractivity contribution is 6.76. The Morgan fingerprint density at radius 1 is 0.545 bits per heavy atom. The van der Waals surface area contributed by atoms with Gasteiger partial charge < -0.3 is 4.43 Å². The number of hydrogen-bond acceptors (Lipinski definition) is 1. The van der Waals surface area contributed by atoms with E-state index in [1.807, 2.05) is 0 Å². The fraction of sp³-hybridized carbons (Fsp3) is 1.00. The average molecular weight is 548 g/mol. The van der Waals surface area contributed by atoms with Crippen molar-refractivity contribution >= 4 is 8.32 Å². The lowest BCUT2D eigenvalue weighted by Crippen LogP contribution is -2.77. The van der Waals surface area contributed by atoms with Gasteiger partial charge in [-0.2, -0.15) is 65.9 Å². The van der Waals surface area contributed by atoms with Crippen LogP contribution in [0.3, 0.4) is 0 Å². The third-order valence-electron chi connectivity index (χ3n) is 5.22. The minimum absolute atomic E-state index is 0.0836. The molecule has 0 aliphatic carbocycles. The first-order valence-corrected chi connectivity index (χ1v) is 10.9. The lowest BCUT2D eigenvalue weighted by Gasteiger charge is -2.47. The minimum atomic E-state index is -8.60. The molecule has 0 amide bonds. The van der Waals surface area contributed by atoms with E-state index in [1.54, 1.807) is 0 Å². The van der Waals surface area contributed by atoms with Gasteiger partial charge in [0.2, 0.25) is 0 Å². The summed E-state index contributed by atoms with van der Waals surface area (Å²) in [5.41, 5.74) is -6.37. The molecule has 198 valence electrons. The van der Waals surface area contributed by atoms with E-state index in [9.17, 15) is 74.6 Å². The van der Waals surface area contributed by atoms with Gasteiger partial charge in [-0.25, -0.2) is 8.78 Å². The van der Waals surface area contributed by atoms with Crippen LogP contribution in [0, 0.1) is 0 Å². The molecule has 0 aromatic heterocycles. The summed E-state index contributed by atoms with van der Waals surface area (Å²) in [4.78, 5) is 0. The van der Waals surface area contributed by atoms with Crippen LogP contribution in [0.2, 0.25) is 12.1 Å². The predicted octanol–water partition coefficient (Wildman–Crippen LogP) is 7.31. The molecule has 0 aromatic carbocycles. The zero-order valence-corrected chi connectivity index (χ0v) is 16.9. The first kappa shape index (κ1) is 30.0. The third kappa shape index (κ3) is 3.69. The maximum atomic E-state index is 14.5. The molecule has 1 unspecified atom stereocenters. The number of rotatable bonds is 8. The van der Waals surface area contributed by atoms with Crippen LogP contribution in [0.25, 0.3) is 0 Å². The number of alkyl halides is 17. The van der Waals surface area contributed by atoms with E-state index in [4.69, 9.17) is 0 Å². The lowest BCUT2D eigenvalue weighted by molar-refractivity contribution is -0.459. The normalized spacial score (nSPS) is 23.1. The second-order valence-electron chi connectivity index (χ2n) is 7.17. The summed E-state index contributed by atoms with van der Waals surface area (Å²) in [6.07, 6.45) is -8.23. The summed E-state index contributed by atoms with van der Waals surface area (Å²) >= 11 is 0. The van der Waals surface area contributed by atoms with Gasteiger partial charge in [-0.05, 0) is 18.5 Å². The Hall–Kier alpha value is -1.01. The molecule has 33 heavy (non-hydrogen) atoms. The van der Waals surface area contributed by atoms with Gasteiger partial charge in [0.25, 0.3) is 8.32 Å². The van der Waals surface area contributed by atoms with Crippen molar-refractivity contribution in [3.8, 4) is 0 Å². The lowest BCUT2D eigenvalue weighted by atomic mass is 9.91. The van der Waals surface area contributed by atoms with Gasteiger partial charge in [-0.1, -0.05) is 13.3 Å². The van der Waals surface area contributed by atoms with Gasteiger partial charge in [-0.15, -0.1) is 0 Å². The molecule has 1 rings (SSSR count). The van der Waals surface area contributed by atoms with Crippen LogP contribution in [0.15, 0.2) is 0 Å². The van der Waals surface area contributed by atoms with Crippen LogP contribution in [-0.4, -0.2) is 62.2 Å². The molecule has 0 bridgehead atoms. The summed E-state index contributed by atoms with van der Waals surface area (Å²) in [7, 11) is -5.54. The molecule has 0 aromatic rings. The molecular weight excluding hydrogens is 535 g/mol. The Bertz CT molecular complexity index is 707. The van der Waals surface area contributed by atoms with Crippen LogP contribution in [-0.2, 0) is 4.43 Å². The fourth-order valence-electron chi connectivity index (χ4n) is 3.05. The van der Waals surface area contributed by atoms with Crippen LogP contribution in [0.1, 0.15) is 19.8 Å². The van der Waals surface area contributed by atoms with Gasteiger partial charge in [0.1, 0.15) is 0 Å². The summed E-state index contributed by atoms with van der Waals surface area (Å²) in [6.45, 7) is -0.0931. The van der Waals surface area contributed by atoms with Crippen LogP contribution >= 0.6 is 0 Å². The number of hydrogen-bond donors (Lipinski definition) is 0. The molecule has 0 saturated carbocycles. The Balaban J connectivity index is 3.70. The van der Waals surface area contributed by atoms with E-state index in [-0.39, 0.29) is 12.8 Å². The van der Waals surface area contributed by atoms with E-state index in [1.165, 1.54) is 0 Å². The van der Waals surface area contributed by atoms with Gasteiger partial charge in [0.15, 0.2) is 0 Å². The van der Waals surface area contributed by atoms with E-state index in [2.05, 4.69) is 4.43 Å². The van der Waals surface area contributed by atoms with Gasteiger partial charge in [0, 0.05) is 6.61 Å². The van der Waals surface area contributed by atoms with Crippen molar-refractivity contribution in [2.45, 2.75) is 79.1 Å². The first-order chi connectivity index (χ1) is 14.3. The molecule has 1 saturated heterocycles. The Labute approximate surface area is 174 Å². The zero-order valence-electron chi connectivity index (χ0n) is 15.9. The second kappa shape index (κ2) is 8.01. The highest BCUT2D eigenvalue weighted by Gasteiger charge is 2.96. The largest absolute Gasteiger partial charge is 0.460 e. The molecule has 19 heteroatoms. The molecule has 1 nitrogen and oxygen atoms in total. The van der Waals surface area contributed by atoms with Crippen molar-refractivity contribution in [1.82, 2.24) is 0 Å². The summed E-state index contributed by atoms with van der Waals surface area (Å²) in [6, 6.07) is -2.28. The van der Waals surface area contributed by atoms with E-state index >= 15 is 0 Å². The Morgan fingerprint density at radius 3 is 1.21 bits per heavy atom. The van der Waals surface area contributed by atoms with Gasteiger partial charge >= 0.3 is 47.3 Å². The van der Waals surface area contributed by atoms with Crippen LogP contribution in [0.5, 0.6) is 0 Å². The predicted molar refractivity (Wildman–Crippen MR) is 76.9 cm³/mol. The van der Waals surface area contributed by atoms with Crippen molar-refractivity contribution in [1.29, 1.82) is 0 Å². The first-order valence-electron chi connectivity index (χ1n) is 8.62.